The van der Waals surface area contributed by atoms with Gasteiger partial charge in [0.2, 0.25) is 0 Å². The van der Waals surface area contributed by atoms with E-state index in [-0.39, 0.29) is 20.4 Å². The van der Waals surface area contributed by atoms with E-state index in [9.17, 15) is 0 Å². The van der Waals surface area contributed by atoms with Crippen LogP contribution in [-0.2, 0) is 30.0 Å². The summed E-state index contributed by atoms with van der Waals surface area (Å²) in [6.45, 7) is 2.17. The van der Waals surface area contributed by atoms with E-state index in [0.717, 1.165) is 29.8 Å². The maximum atomic E-state index is 9.00. The molecule has 0 radical (unpaired) electrons. The minimum Gasteiger partial charge on any atom is -0.481 e. The molecule has 4 unspecified atom stereocenters. The van der Waals surface area contributed by atoms with E-state index in [2.05, 4.69) is 17.9 Å². The fourth-order valence-electron chi connectivity index (χ4n) is 0. The van der Waals surface area contributed by atoms with E-state index in [1.807, 2.05) is 0 Å². The first-order valence-corrected chi connectivity index (χ1v) is 9.30. The monoisotopic (exact) mass is 356 g/mol. The van der Waals surface area contributed by atoms with Crippen LogP contribution in [0.2, 0.25) is 0 Å². The Balaban J connectivity index is -0.0000000450. The van der Waals surface area contributed by atoms with Crippen LogP contribution in [0.15, 0.2) is 0 Å². The second-order valence-corrected chi connectivity index (χ2v) is 8.83. The first-order valence-electron chi connectivity index (χ1n) is 2.68. The Kier molecular flexibility index (Phi) is 42.7. The van der Waals surface area contributed by atoms with Crippen molar-refractivity contribution in [2.24, 2.45) is 0 Å². The fourth-order valence-corrected chi connectivity index (χ4v) is 0. The maximum absolute atomic E-state index is 9.00. The van der Waals surface area contributed by atoms with Crippen LogP contribution in [0, 0.1) is 0 Å². The van der Waals surface area contributed by atoms with Gasteiger partial charge in [0.05, 0.1) is 0 Å². The molecule has 0 aromatic carbocycles. The number of aliphatic carboxylic acids is 2. The van der Waals surface area contributed by atoms with Gasteiger partial charge in [0.15, 0.2) is 0 Å². The van der Waals surface area contributed by atoms with Gasteiger partial charge < -0.3 is 10.2 Å². The van der Waals surface area contributed by atoms with Crippen LogP contribution in [0.4, 0.5) is 0 Å². The van der Waals surface area contributed by atoms with Crippen LogP contribution < -0.4 is 0 Å². The Labute approximate surface area is 99.7 Å². The molecule has 9 heteroatoms. The molecule has 0 aliphatic carbocycles. The Morgan fingerprint density at radius 2 is 1.08 bits per heavy atom. The molecule has 4 nitrogen and oxygen atoms in total. The standard InChI is InChI=1S/2C2H4O2.H6P4.Pd/c2*1-2(3)4;1-3-4-2;/h2*1H3,(H,3,4);3-4H,1-2H2;. The van der Waals surface area contributed by atoms with Crippen molar-refractivity contribution in [2.45, 2.75) is 13.8 Å². The summed E-state index contributed by atoms with van der Waals surface area (Å²) in [6.07, 6.45) is 0. The maximum Gasteiger partial charge on any atom is 0.300 e. The van der Waals surface area contributed by atoms with Gasteiger partial charge in [-0.3, -0.25) is 9.59 Å². The number of hydrogen-bond acceptors (Lipinski definition) is 2. The number of carbonyl (C=O) groups is 2. The predicted octanol–water partition coefficient (Wildman–Crippen LogP) is 2.02. The van der Waals surface area contributed by atoms with Crippen molar-refractivity contribution in [2.75, 3.05) is 0 Å². The summed E-state index contributed by atoms with van der Waals surface area (Å²) in [5.41, 5.74) is 0. The molecule has 4 atom stereocenters. The molecule has 13 heavy (non-hydrogen) atoms. The third-order valence-corrected chi connectivity index (χ3v) is 6.75. The molecule has 84 valence electrons. The molecule has 2 N–H and O–H groups in total. The molecule has 0 rings (SSSR count). The van der Waals surface area contributed by atoms with Crippen molar-refractivity contribution in [3.05, 3.63) is 0 Å². The molecular weight excluding hydrogens is 342 g/mol. The van der Waals surface area contributed by atoms with E-state index in [1.54, 1.807) is 0 Å². The zero-order chi connectivity index (χ0) is 10.6. The Hall–Kier alpha value is 1.32. The van der Waals surface area contributed by atoms with Crippen LogP contribution in [0.1, 0.15) is 13.8 Å². The molecule has 0 aromatic rings. The molecule has 0 bridgehead atoms. The van der Waals surface area contributed by atoms with Gasteiger partial charge in [-0.1, -0.05) is 15.9 Å². The third kappa shape index (κ3) is 317. The summed E-state index contributed by atoms with van der Waals surface area (Å²) < 4.78 is 0. The van der Waals surface area contributed by atoms with Gasteiger partial charge in [0, 0.05) is 34.3 Å². The summed E-state index contributed by atoms with van der Waals surface area (Å²) in [5.74, 6) is -1.67. The minimum atomic E-state index is -0.833. The van der Waals surface area contributed by atoms with Crippen molar-refractivity contribution in [3.8, 4) is 0 Å². The topological polar surface area (TPSA) is 74.6 Å². The van der Waals surface area contributed by atoms with Gasteiger partial charge in [0.1, 0.15) is 0 Å². The average Bonchev–Trinajstić information content (AvgIpc) is 1.85. The van der Waals surface area contributed by atoms with Crippen molar-refractivity contribution >= 4 is 45.7 Å². The van der Waals surface area contributed by atoms with E-state index in [1.165, 1.54) is 0 Å². The van der Waals surface area contributed by atoms with Crippen LogP contribution in [-0.4, -0.2) is 22.2 Å². The van der Waals surface area contributed by atoms with Gasteiger partial charge >= 0.3 is 0 Å². The molecule has 0 aromatic heterocycles. The molecule has 0 spiro atoms. The number of carboxylic acids is 2. The molecule has 0 saturated heterocycles. The van der Waals surface area contributed by atoms with E-state index in [4.69, 9.17) is 19.8 Å². The summed E-state index contributed by atoms with van der Waals surface area (Å²) >= 11 is 0. The van der Waals surface area contributed by atoms with E-state index in [0.29, 0.717) is 0 Å². The van der Waals surface area contributed by atoms with Crippen molar-refractivity contribution in [1.29, 1.82) is 0 Å². The zero-order valence-corrected chi connectivity index (χ0v) is 13.0. The second kappa shape index (κ2) is 23.3. The Bertz CT molecular complexity index is 101. The normalized spacial score (nSPS) is 8.00. The first kappa shape index (κ1) is 23.9. The number of rotatable bonds is 1. The second-order valence-electron chi connectivity index (χ2n) is 1.33. The largest absolute Gasteiger partial charge is 0.481 e. The third-order valence-electron chi connectivity index (χ3n) is 0.0833. The van der Waals surface area contributed by atoms with E-state index >= 15 is 0 Å². The Morgan fingerprint density at radius 1 is 1.00 bits per heavy atom. The molecular formula is C4H14O4P4Pd. The molecule has 0 aliphatic rings. The zero-order valence-electron chi connectivity index (χ0n) is 7.18. The fraction of sp³-hybridized carbons (Fsp3) is 0.500. The quantitative estimate of drug-likeness (QED) is 0.557. The summed E-state index contributed by atoms with van der Waals surface area (Å²) in [7, 11) is 7.44. The van der Waals surface area contributed by atoms with Crippen LogP contribution in [0.25, 0.3) is 0 Å². The number of carboxylic acid groups (broad SMARTS) is 2. The van der Waals surface area contributed by atoms with Crippen molar-refractivity contribution < 1.29 is 40.2 Å². The van der Waals surface area contributed by atoms with Crippen LogP contribution in [0.3, 0.4) is 0 Å². The van der Waals surface area contributed by atoms with E-state index < -0.39 is 11.9 Å². The smallest absolute Gasteiger partial charge is 0.300 e. The van der Waals surface area contributed by atoms with Gasteiger partial charge in [-0.2, -0.15) is 0 Å². The van der Waals surface area contributed by atoms with Gasteiger partial charge in [0.25, 0.3) is 11.9 Å². The predicted molar refractivity (Wildman–Crippen MR) is 62.7 cm³/mol. The number of hydrogen-bond donors (Lipinski definition) is 2. The van der Waals surface area contributed by atoms with Gasteiger partial charge in [-0.05, 0) is 0 Å². The summed E-state index contributed by atoms with van der Waals surface area (Å²) in [5, 5.41) is 14.8. The van der Waals surface area contributed by atoms with Crippen LogP contribution >= 0.6 is 33.8 Å². The first-order chi connectivity index (χ1) is 5.38. The van der Waals surface area contributed by atoms with Crippen LogP contribution in [0.5, 0.6) is 0 Å². The average molecular weight is 356 g/mol. The molecule has 0 heterocycles. The summed E-state index contributed by atoms with van der Waals surface area (Å²) in [6, 6.07) is 0. The van der Waals surface area contributed by atoms with Crippen molar-refractivity contribution in [1.82, 2.24) is 0 Å². The van der Waals surface area contributed by atoms with Crippen molar-refractivity contribution in [3.63, 3.8) is 0 Å². The van der Waals surface area contributed by atoms with Gasteiger partial charge in [-0.25, -0.2) is 0 Å². The SMILES string of the molecule is CC(=O)O.CC(=O)O.PPPP.[Pd]. The molecule has 0 amide bonds. The Morgan fingerprint density at radius 3 is 1.08 bits per heavy atom. The molecule has 0 fully saturated rings. The minimum absolute atomic E-state index is 0. The summed E-state index contributed by atoms with van der Waals surface area (Å²) in [4.78, 5) is 18.0. The molecule has 0 aliphatic heterocycles. The molecule has 0 saturated carbocycles. The van der Waals surface area contributed by atoms with Gasteiger partial charge in [-0.15, -0.1) is 17.9 Å².